The van der Waals surface area contributed by atoms with Crippen LogP contribution in [0.5, 0.6) is 0 Å². The maximum absolute atomic E-state index is 12.0. The van der Waals surface area contributed by atoms with E-state index in [4.69, 9.17) is 0 Å². The molecule has 0 aliphatic heterocycles. The Morgan fingerprint density at radius 1 is 1.06 bits per heavy atom. The summed E-state index contributed by atoms with van der Waals surface area (Å²) in [7, 11) is -3.51. The fourth-order valence-corrected chi connectivity index (χ4v) is 4.85. The van der Waals surface area contributed by atoms with Crippen molar-refractivity contribution < 1.29 is 8.42 Å². The smallest absolute Gasteiger partial charge is 0.272 e. The lowest BCUT2D eigenvalue weighted by molar-refractivity contribution is 0.603. The topological polar surface area (TPSA) is 46.2 Å². The standard InChI is InChI=1S/C10H7Br2NO2S2/c11-7-1-3-8(4-2-7)13-17(14,15)10-9(12)5-6-16-10/h1-6,13H. The van der Waals surface area contributed by atoms with Crippen molar-refractivity contribution in [1.82, 2.24) is 0 Å². The molecule has 1 aromatic carbocycles. The van der Waals surface area contributed by atoms with E-state index in [0.29, 0.717) is 10.2 Å². The lowest BCUT2D eigenvalue weighted by Crippen LogP contribution is -2.11. The van der Waals surface area contributed by atoms with Gasteiger partial charge < -0.3 is 0 Å². The minimum atomic E-state index is -3.51. The van der Waals surface area contributed by atoms with Crippen LogP contribution in [-0.4, -0.2) is 8.42 Å². The van der Waals surface area contributed by atoms with E-state index in [1.165, 1.54) is 11.3 Å². The van der Waals surface area contributed by atoms with Gasteiger partial charge in [-0.1, -0.05) is 15.9 Å². The summed E-state index contributed by atoms with van der Waals surface area (Å²) in [6.07, 6.45) is 0. The molecule has 90 valence electrons. The zero-order valence-electron chi connectivity index (χ0n) is 8.35. The van der Waals surface area contributed by atoms with Gasteiger partial charge >= 0.3 is 0 Å². The molecule has 0 saturated heterocycles. The normalized spacial score (nSPS) is 11.4. The number of hydrogen-bond donors (Lipinski definition) is 1. The second-order valence-corrected chi connectivity index (χ2v) is 7.73. The van der Waals surface area contributed by atoms with Crippen molar-refractivity contribution in [3.63, 3.8) is 0 Å². The van der Waals surface area contributed by atoms with E-state index in [0.717, 1.165) is 4.47 Å². The lowest BCUT2D eigenvalue weighted by atomic mass is 10.3. The second kappa shape index (κ2) is 5.09. The third-order valence-electron chi connectivity index (χ3n) is 1.92. The monoisotopic (exact) mass is 395 g/mol. The van der Waals surface area contributed by atoms with Crippen LogP contribution < -0.4 is 4.72 Å². The number of thiophene rings is 1. The molecule has 17 heavy (non-hydrogen) atoms. The summed E-state index contributed by atoms with van der Waals surface area (Å²) in [5.41, 5.74) is 0.536. The first-order chi connectivity index (χ1) is 7.99. The van der Waals surface area contributed by atoms with E-state index < -0.39 is 10.0 Å². The van der Waals surface area contributed by atoms with Gasteiger partial charge in [-0.2, -0.15) is 0 Å². The minimum absolute atomic E-state index is 0.278. The molecule has 0 radical (unpaired) electrons. The van der Waals surface area contributed by atoms with Crippen LogP contribution in [0.25, 0.3) is 0 Å². The van der Waals surface area contributed by atoms with Crippen molar-refractivity contribution in [3.8, 4) is 0 Å². The fourth-order valence-electron chi connectivity index (χ4n) is 1.19. The van der Waals surface area contributed by atoms with Gasteiger partial charge in [0.1, 0.15) is 0 Å². The van der Waals surface area contributed by atoms with E-state index in [-0.39, 0.29) is 4.21 Å². The number of halogens is 2. The molecular weight excluding hydrogens is 390 g/mol. The maximum atomic E-state index is 12.0. The molecule has 0 spiro atoms. The van der Waals surface area contributed by atoms with Crippen LogP contribution in [0.3, 0.4) is 0 Å². The highest BCUT2D eigenvalue weighted by Crippen LogP contribution is 2.29. The van der Waals surface area contributed by atoms with Crippen molar-refractivity contribution in [2.75, 3.05) is 4.72 Å². The molecule has 2 aromatic rings. The Kier molecular flexibility index (Phi) is 3.92. The molecular formula is C10H7Br2NO2S2. The minimum Gasteiger partial charge on any atom is -0.279 e. The highest BCUT2D eigenvalue weighted by atomic mass is 79.9. The molecule has 0 bridgehead atoms. The molecule has 0 aliphatic carbocycles. The Hall–Kier alpha value is -0.370. The Morgan fingerprint density at radius 2 is 1.71 bits per heavy atom. The summed E-state index contributed by atoms with van der Waals surface area (Å²) in [5, 5.41) is 1.72. The van der Waals surface area contributed by atoms with E-state index in [2.05, 4.69) is 36.6 Å². The van der Waals surface area contributed by atoms with Gasteiger partial charge in [0.25, 0.3) is 10.0 Å². The van der Waals surface area contributed by atoms with Crippen LogP contribution in [0, 0.1) is 0 Å². The van der Waals surface area contributed by atoms with Gasteiger partial charge in [-0.3, -0.25) is 4.72 Å². The molecule has 0 atom stereocenters. The second-order valence-electron chi connectivity index (χ2n) is 3.17. The van der Waals surface area contributed by atoms with Crippen molar-refractivity contribution in [2.45, 2.75) is 4.21 Å². The summed E-state index contributed by atoms with van der Waals surface area (Å²) < 4.78 is 28.3. The van der Waals surface area contributed by atoms with Gasteiger partial charge in [-0.25, -0.2) is 8.42 Å². The summed E-state index contributed by atoms with van der Waals surface area (Å²) in [5.74, 6) is 0. The third kappa shape index (κ3) is 3.09. The van der Waals surface area contributed by atoms with Crippen molar-refractivity contribution in [3.05, 3.63) is 44.7 Å². The summed E-state index contributed by atoms with van der Waals surface area (Å²) >= 11 is 7.68. The van der Waals surface area contributed by atoms with Crippen LogP contribution in [0.1, 0.15) is 0 Å². The van der Waals surface area contributed by atoms with E-state index in [1.807, 2.05) is 0 Å². The number of sulfonamides is 1. The molecule has 0 aliphatic rings. The number of rotatable bonds is 3. The molecule has 7 heteroatoms. The van der Waals surface area contributed by atoms with E-state index in [1.54, 1.807) is 35.7 Å². The van der Waals surface area contributed by atoms with Gasteiger partial charge in [0.2, 0.25) is 0 Å². The lowest BCUT2D eigenvalue weighted by Gasteiger charge is -2.06. The summed E-state index contributed by atoms with van der Waals surface area (Å²) in [4.78, 5) is 0. The van der Waals surface area contributed by atoms with Crippen LogP contribution in [0.15, 0.2) is 48.9 Å². The van der Waals surface area contributed by atoms with Gasteiger partial charge in [-0.15, -0.1) is 11.3 Å². The Balaban J connectivity index is 2.30. The molecule has 1 aromatic heterocycles. The molecule has 3 nitrogen and oxygen atoms in total. The number of anilines is 1. The molecule has 1 heterocycles. The van der Waals surface area contributed by atoms with Crippen LogP contribution in [0.4, 0.5) is 5.69 Å². The van der Waals surface area contributed by atoms with Crippen LogP contribution >= 0.6 is 43.2 Å². The quantitative estimate of drug-likeness (QED) is 0.849. The Bertz CT molecular complexity index is 620. The SMILES string of the molecule is O=S(=O)(Nc1ccc(Br)cc1)c1sccc1Br. The highest BCUT2D eigenvalue weighted by Gasteiger charge is 2.18. The van der Waals surface area contributed by atoms with Gasteiger partial charge in [0, 0.05) is 14.6 Å². The first-order valence-corrected chi connectivity index (χ1v) is 8.45. The molecule has 2 rings (SSSR count). The summed E-state index contributed by atoms with van der Waals surface area (Å²) in [6.45, 7) is 0. The number of benzene rings is 1. The summed E-state index contributed by atoms with van der Waals surface area (Å²) in [6, 6.07) is 8.66. The van der Waals surface area contributed by atoms with Crippen molar-refractivity contribution in [2.24, 2.45) is 0 Å². The first kappa shape index (κ1) is 13.1. The zero-order chi connectivity index (χ0) is 12.5. The maximum Gasteiger partial charge on any atom is 0.272 e. The average Bonchev–Trinajstić information content (AvgIpc) is 2.68. The van der Waals surface area contributed by atoms with Crippen molar-refractivity contribution in [1.29, 1.82) is 0 Å². The van der Waals surface area contributed by atoms with E-state index in [9.17, 15) is 8.42 Å². The predicted octanol–water partition coefficient (Wildman–Crippen LogP) is 4.07. The Morgan fingerprint density at radius 3 is 2.24 bits per heavy atom. The Labute approximate surface area is 120 Å². The molecule has 1 N–H and O–H groups in total. The molecule has 0 saturated carbocycles. The van der Waals surface area contributed by atoms with Crippen molar-refractivity contribution >= 4 is 58.9 Å². The van der Waals surface area contributed by atoms with Crippen LogP contribution in [-0.2, 0) is 10.0 Å². The highest BCUT2D eigenvalue weighted by molar-refractivity contribution is 9.10. The van der Waals surface area contributed by atoms with Gasteiger partial charge in [-0.05, 0) is 51.6 Å². The molecule has 0 amide bonds. The first-order valence-electron chi connectivity index (χ1n) is 4.50. The zero-order valence-corrected chi connectivity index (χ0v) is 13.2. The fraction of sp³-hybridized carbons (Fsp3) is 0. The van der Waals surface area contributed by atoms with Gasteiger partial charge in [0.05, 0.1) is 0 Å². The van der Waals surface area contributed by atoms with Gasteiger partial charge in [0.15, 0.2) is 4.21 Å². The third-order valence-corrected chi connectivity index (χ3v) is 6.50. The predicted molar refractivity (Wildman–Crippen MR) is 77.0 cm³/mol. The number of nitrogens with one attached hydrogen (secondary N) is 1. The molecule has 0 fully saturated rings. The van der Waals surface area contributed by atoms with Crippen LogP contribution in [0.2, 0.25) is 0 Å². The molecule has 0 unspecified atom stereocenters. The largest absolute Gasteiger partial charge is 0.279 e. The average molecular weight is 397 g/mol. The number of hydrogen-bond acceptors (Lipinski definition) is 3. The van der Waals surface area contributed by atoms with E-state index >= 15 is 0 Å².